The Morgan fingerprint density at radius 2 is 1.86 bits per heavy atom. The SMILES string of the molecule is COc1ncccc1C(=O)N1CCC(c2ccccc2)CC1. The molecule has 0 unspecified atom stereocenters. The molecule has 1 aliphatic rings. The van der Waals surface area contributed by atoms with Crippen LogP contribution < -0.4 is 4.74 Å². The minimum absolute atomic E-state index is 0.0106. The lowest BCUT2D eigenvalue weighted by Gasteiger charge is -2.32. The Morgan fingerprint density at radius 1 is 1.14 bits per heavy atom. The summed E-state index contributed by atoms with van der Waals surface area (Å²) >= 11 is 0. The molecule has 4 heteroatoms. The lowest BCUT2D eigenvalue weighted by atomic mass is 9.89. The number of amides is 1. The van der Waals surface area contributed by atoms with Crippen LogP contribution in [0.3, 0.4) is 0 Å². The first kappa shape index (κ1) is 14.6. The molecule has 1 saturated heterocycles. The molecule has 1 aromatic carbocycles. The molecule has 114 valence electrons. The molecule has 0 N–H and O–H groups in total. The summed E-state index contributed by atoms with van der Waals surface area (Å²) in [4.78, 5) is 18.6. The van der Waals surface area contributed by atoms with Crippen molar-refractivity contribution in [3.63, 3.8) is 0 Å². The third-order valence-electron chi connectivity index (χ3n) is 4.25. The molecule has 22 heavy (non-hydrogen) atoms. The minimum atomic E-state index is 0.0106. The first-order valence-electron chi connectivity index (χ1n) is 7.63. The van der Waals surface area contributed by atoms with Crippen molar-refractivity contribution in [2.75, 3.05) is 20.2 Å². The van der Waals surface area contributed by atoms with Crippen LogP contribution in [-0.4, -0.2) is 36.0 Å². The topological polar surface area (TPSA) is 42.4 Å². The highest BCUT2D eigenvalue weighted by atomic mass is 16.5. The Labute approximate surface area is 130 Å². The van der Waals surface area contributed by atoms with Gasteiger partial charge in [0.25, 0.3) is 5.91 Å². The number of rotatable bonds is 3. The summed E-state index contributed by atoms with van der Waals surface area (Å²) < 4.78 is 5.19. The van der Waals surface area contributed by atoms with Crippen molar-refractivity contribution in [2.24, 2.45) is 0 Å². The summed E-state index contributed by atoms with van der Waals surface area (Å²) in [6.07, 6.45) is 3.63. The molecule has 2 heterocycles. The van der Waals surface area contributed by atoms with Gasteiger partial charge in [0.2, 0.25) is 5.88 Å². The maximum atomic E-state index is 12.6. The Balaban J connectivity index is 1.67. The van der Waals surface area contributed by atoms with Gasteiger partial charge in [-0.25, -0.2) is 4.98 Å². The molecule has 0 radical (unpaired) electrons. The van der Waals surface area contributed by atoms with E-state index >= 15 is 0 Å². The van der Waals surface area contributed by atoms with Gasteiger partial charge in [-0.1, -0.05) is 30.3 Å². The van der Waals surface area contributed by atoms with Crippen LogP contribution in [0.2, 0.25) is 0 Å². The van der Waals surface area contributed by atoms with Crippen molar-refractivity contribution in [1.82, 2.24) is 9.88 Å². The summed E-state index contributed by atoms with van der Waals surface area (Å²) in [6, 6.07) is 14.1. The van der Waals surface area contributed by atoms with Crippen LogP contribution in [0.25, 0.3) is 0 Å². The molecule has 0 aliphatic carbocycles. The van der Waals surface area contributed by atoms with E-state index in [9.17, 15) is 4.79 Å². The Bertz CT molecular complexity index is 635. The molecular formula is C18H20N2O2. The zero-order valence-corrected chi connectivity index (χ0v) is 12.7. The lowest BCUT2D eigenvalue weighted by molar-refractivity contribution is 0.0709. The van der Waals surface area contributed by atoms with Gasteiger partial charge in [0.1, 0.15) is 5.56 Å². The number of nitrogens with zero attached hydrogens (tertiary/aromatic N) is 2. The quantitative estimate of drug-likeness (QED) is 0.874. The fraction of sp³-hybridized carbons (Fsp3) is 0.333. The first-order valence-corrected chi connectivity index (χ1v) is 7.63. The summed E-state index contributed by atoms with van der Waals surface area (Å²) in [5, 5.41) is 0. The molecule has 1 aliphatic heterocycles. The highest BCUT2D eigenvalue weighted by Crippen LogP contribution is 2.29. The highest BCUT2D eigenvalue weighted by molar-refractivity contribution is 5.96. The predicted octanol–water partition coefficient (Wildman–Crippen LogP) is 3.11. The second-order valence-corrected chi connectivity index (χ2v) is 5.54. The molecule has 1 fully saturated rings. The van der Waals surface area contributed by atoms with Crippen LogP contribution in [0.5, 0.6) is 5.88 Å². The number of hydrogen-bond donors (Lipinski definition) is 0. The normalized spacial score (nSPS) is 15.6. The highest BCUT2D eigenvalue weighted by Gasteiger charge is 2.26. The van der Waals surface area contributed by atoms with E-state index in [2.05, 4.69) is 29.2 Å². The number of pyridine rings is 1. The van der Waals surface area contributed by atoms with E-state index in [1.54, 1.807) is 25.4 Å². The fourth-order valence-corrected chi connectivity index (χ4v) is 3.03. The van der Waals surface area contributed by atoms with Crippen LogP contribution in [-0.2, 0) is 0 Å². The third kappa shape index (κ3) is 2.96. The number of methoxy groups -OCH3 is 1. The maximum Gasteiger partial charge on any atom is 0.259 e. The number of aromatic nitrogens is 1. The fourth-order valence-electron chi connectivity index (χ4n) is 3.03. The minimum Gasteiger partial charge on any atom is -0.480 e. The van der Waals surface area contributed by atoms with E-state index in [0.29, 0.717) is 17.4 Å². The number of carbonyl (C=O) groups is 1. The molecule has 1 amide bonds. The van der Waals surface area contributed by atoms with Crippen LogP contribution >= 0.6 is 0 Å². The van der Waals surface area contributed by atoms with E-state index < -0.39 is 0 Å². The molecule has 0 bridgehead atoms. The van der Waals surface area contributed by atoms with Crippen molar-refractivity contribution < 1.29 is 9.53 Å². The Morgan fingerprint density at radius 3 is 2.55 bits per heavy atom. The zero-order chi connectivity index (χ0) is 15.4. The summed E-state index contributed by atoms with van der Waals surface area (Å²) in [7, 11) is 1.54. The number of hydrogen-bond acceptors (Lipinski definition) is 3. The van der Waals surface area contributed by atoms with E-state index in [1.807, 2.05) is 11.0 Å². The third-order valence-corrected chi connectivity index (χ3v) is 4.25. The lowest BCUT2D eigenvalue weighted by Crippen LogP contribution is -2.38. The average Bonchev–Trinajstić information content (AvgIpc) is 2.62. The number of benzene rings is 1. The standard InChI is InChI=1S/C18H20N2O2/c1-22-17-16(8-5-11-19-17)18(21)20-12-9-15(10-13-20)14-6-3-2-4-7-14/h2-8,11,15H,9-10,12-13H2,1H3. The van der Waals surface area contributed by atoms with Gasteiger partial charge in [0.15, 0.2) is 0 Å². The van der Waals surface area contributed by atoms with Crippen LogP contribution in [0.15, 0.2) is 48.7 Å². The molecule has 1 aromatic heterocycles. The van der Waals surface area contributed by atoms with Gasteiger partial charge in [-0.15, -0.1) is 0 Å². The van der Waals surface area contributed by atoms with Gasteiger partial charge in [0.05, 0.1) is 7.11 Å². The van der Waals surface area contributed by atoms with Gasteiger partial charge in [-0.2, -0.15) is 0 Å². The largest absolute Gasteiger partial charge is 0.480 e. The summed E-state index contributed by atoms with van der Waals surface area (Å²) in [6.45, 7) is 1.55. The van der Waals surface area contributed by atoms with Gasteiger partial charge in [-0.3, -0.25) is 4.79 Å². The number of piperidine rings is 1. The smallest absolute Gasteiger partial charge is 0.259 e. The monoisotopic (exact) mass is 296 g/mol. The predicted molar refractivity (Wildman–Crippen MR) is 85.1 cm³/mol. The van der Waals surface area contributed by atoms with E-state index in [1.165, 1.54) is 5.56 Å². The van der Waals surface area contributed by atoms with E-state index in [-0.39, 0.29) is 5.91 Å². The molecule has 3 rings (SSSR count). The Kier molecular flexibility index (Phi) is 4.37. The number of carbonyl (C=O) groups excluding carboxylic acids is 1. The van der Waals surface area contributed by atoms with Crippen molar-refractivity contribution in [1.29, 1.82) is 0 Å². The molecular weight excluding hydrogens is 276 g/mol. The van der Waals surface area contributed by atoms with Crippen molar-refractivity contribution in [2.45, 2.75) is 18.8 Å². The van der Waals surface area contributed by atoms with Crippen LogP contribution in [0.1, 0.15) is 34.7 Å². The Hall–Kier alpha value is -2.36. The van der Waals surface area contributed by atoms with Gasteiger partial charge in [0, 0.05) is 19.3 Å². The molecule has 4 nitrogen and oxygen atoms in total. The van der Waals surface area contributed by atoms with E-state index in [4.69, 9.17) is 4.74 Å². The number of ether oxygens (including phenoxy) is 1. The molecule has 0 spiro atoms. The van der Waals surface area contributed by atoms with Crippen LogP contribution in [0.4, 0.5) is 0 Å². The first-order chi connectivity index (χ1) is 10.8. The number of likely N-dealkylation sites (tertiary alicyclic amines) is 1. The van der Waals surface area contributed by atoms with Gasteiger partial charge < -0.3 is 9.64 Å². The zero-order valence-electron chi connectivity index (χ0n) is 12.7. The summed E-state index contributed by atoms with van der Waals surface area (Å²) in [5.41, 5.74) is 1.91. The second kappa shape index (κ2) is 6.60. The summed E-state index contributed by atoms with van der Waals surface area (Å²) in [5.74, 6) is 0.954. The van der Waals surface area contributed by atoms with Crippen molar-refractivity contribution >= 4 is 5.91 Å². The maximum absolute atomic E-state index is 12.6. The van der Waals surface area contributed by atoms with E-state index in [0.717, 1.165) is 25.9 Å². The molecule has 0 saturated carbocycles. The molecule has 0 atom stereocenters. The van der Waals surface area contributed by atoms with Crippen molar-refractivity contribution in [3.8, 4) is 5.88 Å². The van der Waals surface area contributed by atoms with Gasteiger partial charge >= 0.3 is 0 Å². The molecule has 2 aromatic rings. The van der Waals surface area contributed by atoms with Crippen molar-refractivity contribution in [3.05, 3.63) is 59.8 Å². The average molecular weight is 296 g/mol. The second-order valence-electron chi connectivity index (χ2n) is 5.54. The van der Waals surface area contributed by atoms with Crippen LogP contribution in [0, 0.1) is 0 Å². The van der Waals surface area contributed by atoms with Gasteiger partial charge in [-0.05, 0) is 36.5 Å².